The molecule has 0 aliphatic carbocycles. The van der Waals surface area contributed by atoms with Gasteiger partial charge >= 0.3 is 0 Å². The number of carbonyl (C=O) groups excluding carboxylic acids is 1. The largest absolute Gasteiger partial charge is 0.347 e. The van der Waals surface area contributed by atoms with Crippen LogP contribution in [-0.4, -0.2) is 20.9 Å². The summed E-state index contributed by atoms with van der Waals surface area (Å²) in [4.78, 5) is 27.2. The Morgan fingerprint density at radius 2 is 1.84 bits per heavy atom. The number of amides is 1. The van der Waals surface area contributed by atoms with Gasteiger partial charge in [0.1, 0.15) is 5.82 Å². The van der Waals surface area contributed by atoms with E-state index in [1.54, 1.807) is 28.9 Å². The van der Waals surface area contributed by atoms with Crippen molar-refractivity contribution < 1.29 is 4.79 Å². The summed E-state index contributed by atoms with van der Waals surface area (Å²) in [5, 5.41) is 4.98. The molecule has 0 fully saturated rings. The van der Waals surface area contributed by atoms with E-state index in [1.165, 1.54) is 10.3 Å². The van der Waals surface area contributed by atoms with Crippen molar-refractivity contribution in [2.75, 3.05) is 0 Å². The Morgan fingerprint density at radius 1 is 0.906 bits per heavy atom. The van der Waals surface area contributed by atoms with Crippen molar-refractivity contribution in [3.05, 3.63) is 111 Å². The average Bonchev–Trinajstić information content (AvgIpc) is 3.49. The fourth-order valence-corrected chi connectivity index (χ4v) is 4.92. The number of fused-ring (bicyclic) bond motifs is 1. The predicted molar refractivity (Wildman–Crippen MR) is 129 cm³/mol. The van der Waals surface area contributed by atoms with Crippen LogP contribution in [0, 0.1) is 0 Å². The number of carbonyl (C=O) groups is 1. The van der Waals surface area contributed by atoms with Crippen LogP contribution >= 0.6 is 22.7 Å². The van der Waals surface area contributed by atoms with Crippen LogP contribution in [0.4, 0.5) is 0 Å². The van der Waals surface area contributed by atoms with Crippen molar-refractivity contribution in [3.8, 4) is 0 Å². The summed E-state index contributed by atoms with van der Waals surface area (Å²) in [7, 11) is 0. The van der Waals surface area contributed by atoms with E-state index in [4.69, 9.17) is 4.98 Å². The molecule has 158 valence electrons. The smallest absolute Gasteiger partial charge is 0.251 e. The molecular weight excluding hydrogens is 436 g/mol. The van der Waals surface area contributed by atoms with Crippen LogP contribution in [0.3, 0.4) is 0 Å². The summed E-state index contributed by atoms with van der Waals surface area (Å²) in [6.45, 7) is 0.541. The Bertz CT molecular complexity index is 1360. The van der Waals surface area contributed by atoms with E-state index in [9.17, 15) is 4.79 Å². The highest BCUT2D eigenvalue weighted by molar-refractivity contribution is 7.16. The average molecular weight is 457 g/mol. The third-order valence-electron chi connectivity index (χ3n) is 5.10. The molecule has 1 amide bonds. The second-order valence-corrected chi connectivity index (χ2v) is 9.35. The molecule has 3 aromatic heterocycles. The second kappa shape index (κ2) is 9.38. The van der Waals surface area contributed by atoms with E-state index in [2.05, 4.69) is 33.5 Å². The molecule has 0 saturated carbocycles. The first-order valence-corrected chi connectivity index (χ1v) is 12.0. The van der Waals surface area contributed by atoms with Gasteiger partial charge in [-0.05, 0) is 52.9 Å². The summed E-state index contributed by atoms with van der Waals surface area (Å²) in [6.07, 6.45) is 3.13. The molecule has 0 unspecified atom stereocenters. The molecule has 0 saturated heterocycles. The molecule has 5 rings (SSSR count). The number of aromatic nitrogens is 3. The zero-order valence-corrected chi connectivity index (χ0v) is 18.8. The maximum atomic E-state index is 12.5. The van der Waals surface area contributed by atoms with Gasteiger partial charge in [-0.25, -0.2) is 15.0 Å². The van der Waals surface area contributed by atoms with Gasteiger partial charge < -0.3 is 5.32 Å². The molecule has 0 aliphatic rings. The predicted octanol–water partition coefficient (Wildman–Crippen LogP) is 5.26. The topological polar surface area (TPSA) is 67.8 Å². The molecule has 5 aromatic rings. The van der Waals surface area contributed by atoms with E-state index < -0.39 is 0 Å². The Hall–Kier alpha value is -3.42. The summed E-state index contributed by atoms with van der Waals surface area (Å²) >= 11 is 3.28. The lowest BCUT2D eigenvalue weighted by molar-refractivity contribution is 0.0951. The maximum Gasteiger partial charge on any atom is 0.251 e. The van der Waals surface area contributed by atoms with Gasteiger partial charge in [0, 0.05) is 35.2 Å². The first kappa shape index (κ1) is 20.5. The number of nitrogens with zero attached hydrogens (tertiary/aromatic N) is 3. The van der Waals surface area contributed by atoms with E-state index >= 15 is 0 Å². The lowest BCUT2D eigenvalue weighted by Crippen LogP contribution is -2.22. The Balaban J connectivity index is 1.26. The normalized spacial score (nSPS) is 11.0. The van der Waals surface area contributed by atoms with Crippen molar-refractivity contribution >= 4 is 38.8 Å². The van der Waals surface area contributed by atoms with Crippen molar-refractivity contribution in [2.45, 2.75) is 19.4 Å². The zero-order chi connectivity index (χ0) is 21.8. The summed E-state index contributed by atoms with van der Waals surface area (Å²) in [6, 6.07) is 19.9. The molecular formula is C25H20N4OS2. The molecule has 7 heteroatoms. The molecule has 0 bridgehead atoms. The number of benzene rings is 2. The number of thiazole rings is 1. The maximum absolute atomic E-state index is 12.5. The van der Waals surface area contributed by atoms with E-state index in [0.29, 0.717) is 18.5 Å². The molecule has 0 aliphatic heterocycles. The standard InChI is InChI=1S/C25H20N4OS2/c30-25(27-15-21-5-2-10-31-21)19-4-1-3-17(11-19)14-24-26-9-8-20(29-24)12-18-6-7-22-23(13-18)32-16-28-22/h1-11,13,16H,12,14-15H2,(H,27,30). The number of nitrogens with one attached hydrogen (secondary N) is 1. The fraction of sp³-hybridized carbons (Fsp3) is 0.120. The van der Waals surface area contributed by atoms with Crippen LogP contribution < -0.4 is 5.32 Å². The van der Waals surface area contributed by atoms with Crippen LogP contribution in [0.1, 0.15) is 37.9 Å². The van der Waals surface area contributed by atoms with E-state index in [1.807, 2.05) is 53.4 Å². The van der Waals surface area contributed by atoms with E-state index in [0.717, 1.165) is 33.9 Å². The monoisotopic (exact) mass is 456 g/mol. The molecule has 2 aromatic carbocycles. The van der Waals surface area contributed by atoms with Gasteiger partial charge in [0.25, 0.3) is 5.91 Å². The van der Waals surface area contributed by atoms with Crippen LogP contribution in [0.5, 0.6) is 0 Å². The first-order valence-electron chi connectivity index (χ1n) is 10.3. The molecule has 32 heavy (non-hydrogen) atoms. The fourth-order valence-electron chi connectivity index (χ4n) is 3.53. The lowest BCUT2D eigenvalue weighted by atomic mass is 10.1. The summed E-state index contributed by atoms with van der Waals surface area (Å²) < 4.78 is 1.19. The van der Waals surface area contributed by atoms with Gasteiger partial charge in [-0.15, -0.1) is 22.7 Å². The number of hydrogen-bond donors (Lipinski definition) is 1. The van der Waals surface area contributed by atoms with Gasteiger partial charge in [-0.2, -0.15) is 0 Å². The van der Waals surface area contributed by atoms with Gasteiger partial charge in [0.05, 0.1) is 22.3 Å². The van der Waals surface area contributed by atoms with Gasteiger partial charge in [0.2, 0.25) is 0 Å². The van der Waals surface area contributed by atoms with Crippen molar-refractivity contribution in [2.24, 2.45) is 0 Å². The zero-order valence-electron chi connectivity index (χ0n) is 17.2. The minimum Gasteiger partial charge on any atom is -0.347 e. The number of hydrogen-bond acceptors (Lipinski definition) is 6. The van der Waals surface area contributed by atoms with Crippen LogP contribution in [0.15, 0.2) is 77.8 Å². The molecule has 0 atom stereocenters. The molecule has 0 radical (unpaired) electrons. The highest BCUT2D eigenvalue weighted by atomic mass is 32.1. The van der Waals surface area contributed by atoms with Gasteiger partial charge in [-0.1, -0.05) is 24.3 Å². The molecule has 3 heterocycles. The Morgan fingerprint density at radius 3 is 2.75 bits per heavy atom. The highest BCUT2D eigenvalue weighted by Crippen LogP contribution is 2.20. The quantitative estimate of drug-likeness (QED) is 0.363. The Kier molecular flexibility index (Phi) is 6.00. The first-order chi connectivity index (χ1) is 15.7. The van der Waals surface area contributed by atoms with Crippen LogP contribution in [0.2, 0.25) is 0 Å². The molecule has 0 spiro atoms. The number of rotatable bonds is 7. The van der Waals surface area contributed by atoms with Crippen LogP contribution in [0.25, 0.3) is 10.2 Å². The van der Waals surface area contributed by atoms with Crippen molar-refractivity contribution in [1.29, 1.82) is 0 Å². The SMILES string of the molecule is O=C(NCc1cccs1)c1cccc(Cc2nccc(Cc3ccc4ncsc4c3)n2)c1. The van der Waals surface area contributed by atoms with Gasteiger partial charge in [-0.3, -0.25) is 4.79 Å². The molecule has 1 N–H and O–H groups in total. The summed E-state index contributed by atoms with van der Waals surface area (Å²) in [5.41, 5.74) is 6.74. The minimum absolute atomic E-state index is 0.0756. The second-order valence-electron chi connectivity index (χ2n) is 7.43. The van der Waals surface area contributed by atoms with Gasteiger partial charge in [0.15, 0.2) is 0 Å². The lowest BCUT2D eigenvalue weighted by Gasteiger charge is -2.07. The summed E-state index contributed by atoms with van der Waals surface area (Å²) in [5.74, 6) is 0.672. The van der Waals surface area contributed by atoms with Crippen molar-refractivity contribution in [3.63, 3.8) is 0 Å². The van der Waals surface area contributed by atoms with E-state index in [-0.39, 0.29) is 5.91 Å². The molecule has 5 nitrogen and oxygen atoms in total. The third-order valence-corrected chi connectivity index (χ3v) is 6.77. The minimum atomic E-state index is -0.0756. The van der Waals surface area contributed by atoms with Crippen molar-refractivity contribution in [1.82, 2.24) is 20.3 Å². The Labute approximate surface area is 193 Å². The third kappa shape index (κ3) is 4.90. The highest BCUT2D eigenvalue weighted by Gasteiger charge is 2.09. The van der Waals surface area contributed by atoms with Crippen LogP contribution in [-0.2, 0) is 19.4 Å². The number of thiophene rings is 1.